The Kier molecular flexibility index (Phi) is 4.98. The first-order valence-corrected chi connectivity index (χ1v) is 9.93. The molecule has 1 N–H and O–H groups in total. The first kappa shape index (κ1) is 18.7. The molecule has 146 valence electrons. The van der Waals surface area contributed by atoms with E-state index in [-0.39, 0.29) is 11.9 Å². The zero-order valence-corrected chi connectivity index (χ0v) is 17.1. The van der Waals surface area contributed by atoms with Crippen LogP contribution in [0.4, 0.5) is 0 Å². The van der Waals surface area contributed by atoms with Gasteiger partial charge in [-0.1, -0.05) is 11.6 Å². The summed E-state index contributed by atoms with van der Waals surface area (Å²) in [6, 6.07) is 7.58. The molecular weight excluding hydrogens is 374 g/mol. The highest BCUT2D eigenvalue weighted by Gasteiger charge is 2.25. The van der Waals surface area contributed by atoms with Crippen molar-refractivity contribution >= 4 is 17.5 Å². The second kappa shape index (κ2) is 7.43. The van der Waals surface area contributed by atoms with Gasteiger partial charge in [0.15, 0.2) is 0 Å². The topological polar surface area (TPSA) is 64.7 Å². The summed E-state index contributed by atoms with van der Waals surface area (Å²) in [4.78, 5) is 12.8. The van der Waals surface area contributed by atoms with Crippen LogP contribution >= 0.6 is 11.6 Å². The van der Waals surface area contributed by atoms with E-state index in [2.05, 4.69) is 15.5 Å². The normalized spacial score (nSPS) is 16.1. The van der Waals surface area contributed by atoms with Crippen LogP contribution in [-0.2, 0) is 24.7 Å². The Balaban J connectivity index is 1.52. The molecule has 1 unspecified atom stereocenters. The lowest BCUT2D eigenvalue weighted by molar-refractivity contribution is -0.121. The second-order valence-electron chi connectivity index (χ2n) is 7.40. The predicted octanol–water partition coefficient (Wildman–Crippen LogP) is 3.61. The van der Waals surface area contributed by atoms with Gasteiger partial charge in [-0.25, -0.2) is 4.68 Å². The lowest BCUT2D eigenvalue weighted by atomic mass is 9.92. The molecule has 1 amide bonds. The molecule has 1 aromatic carbocycles. The van der Waals surface area contributed by atoms with E-state index in [9.17, 15) is 4.79 Å². The lowest BCUT2D eigenvalue weighted by Crippen LogP contribution is -2.32. The number of fused-ring (bicyclic) bond motifs is 1. The smallest absolute Gasteiger partial charge is 0.225 e. The summed E-state index contributed by atoms with van der Waals surface area (Å²) in [5, 5.41) is 12.9. The van der Waals surface area contributed by atoms with Crippen LogP contribution in [0.1, 0.15) is 47.1 Å². The number of carbonyl (C=O) groups is 1. The molecule has 2 heterocycles. The van der Waals surface area contributed by atoms with Gasteiger partial charge in [-0.05, 0) is 57.4 Å². The fraction of sp³-hybridized carbons (Fsp3) is 0.381. The van der Waals surface area contributed by atoms with Gasteiger partial charge in [0, 0.05) is 34.6 Å². The zero-order chi connectivity index (χ0) is 19.8. The minimum absolute atomic E-state index is 0.0172. The number of nitrogens with zero attached hydrogens (tertiary/aromatic N) is 4. The molecule has 1 aliphatic carbocycles. The molecule has 0 spiro atoms. The number of hydrogen-bond donors (Lipinski definition) is 1. The van der Waals surface area contributed by atoms with Crippen LogP contribution < -0.4 is 5.32 Å². The standard InChI is InChI=1S/C21H24ClN5O/c1-13-17(14(2)27(25-13)16-9-7-15(22)8-10-16)11-21(28)24-19-5-4-6-20-18(19)12-23-26(20)3/h7-10,12,19H,4-6,11H2,1-3H3,(H,24,28). The van der Waals surface area contributed by atoms with Crippen molar-refractivity contribution in [3.05, 3.63) is 63.7 Å². The fourth-order valence-corrected chi connectivity index (χ4v) is 4.15. The number of amides is 1. The Hall–Kier alpha value is -2.60. The van der Waals surface area contributed by atoms with Crippen molar-refractivity contribution in [3.63, 3.8) is 0 Å². The van der Waals surface area contributed by atoms with Crippen LogP contribution in [0.15, 0.2) is 30.5 Å². The Labute approximate surface area is 169 Å². The molecule has 0 bridgehead atoms. The minimum Gasteiger partial charge on any atom is -0.349 e. The van der Waals surface area contributed by atoms with Crippen molar-refractivity contribution in [2.45, 2.75) is 45.6 Å². The third-order valence-electron chi connectivity index (χ3n) is 5.56. The zero-order valence-electron chi connectivity index (χ0n) is 16.4. The SMILES string of the molecule is Cc1nn(-c2ccc(Cl)cc2)c(C)c1CC(=O)NC1CCCc2c1cnn2C. The third-order valence-corrected chi connectivity index (χ3v) is 5.81. The van der Waals surface area contributed by atoms with Gasteiger partial charge < -0.3 is 5.32 Å². The number of nitrogens with one attached hydrogen (secondary N) is 1. The molecule has 0 fully saturated rings. The van der Waals surface area contributed by atoms with E-state index in [1.54, 1.807) is 0 Å². The highest BCUT2D eigenvalue weighted by Crippen LogP contribution is 2.29. The van der Waals surface area contributed by atoms with E-state index < -0.39 is 0 Å². The molecule has 0 saturated carbocycles. The van der Waals surface area contributed by atoms with Crippen LogP contribution in [0.2, 0.25) is 5.02 Å². The van der Waals surface area contributed by atoms with Crippen molar-refractivity contribution < 1.29 is 4.79 Å². The van der Waals surface area contributed by atoms with Crippen LogP contribution in [0.3, 0.4) is 0 Å². The number of aromatic nitrogens is 4. The Bertz CT molecular complexity index is 1020. The van der Waals surface area contributed by atoms with Crippen molar-refractivity contribution in [2.24, 2.45) is 7.05 Å². The van der Waals surface area contributed by atoms with Gasteiger partial charge in [0.25, 0.3) is 0 Å². The maximum Gasteiger partial charge on any atom is 0.225 e. The molecule has 28 heavy (non-hydrogen) atoms. The number of rotatable bonds is 4. The van der Waals surface area contributed by atoms with Gasteiger partial charge in [-0.2, -0.15) is 10.2 Å². The van der Waals surface area contributed by atoms with Crippen molar-refractivity contribution in [1.82, 2.24) is 24.9 Å². The van der Waals surface area contributed by atoms with Crippen LogP contribution in [0.25, 0.3) is 5.69 Å². The van der Waals surface area contributed by atoms with Crippen molar-refractivity contribution in [2.75, 3.05) is 0 Å². The number of aryl methyl sites for hydroxylation is 2. The van der Waals surface area contributed by atoms with E-state index in [0.29, 0.717) is 11.4 Å². The summed E-state index contributed by atoms with van der Waals surface area (Å²) in [6.45, 7) is 3.94. The summed E-state index contributed by atoms with van der Waals surface area (Å²) in [5.41, 5.74) is 6.11. The Morgan fingerprint density at radius 2 is 2.04 bits per heavy atom. The van der Waals surface area contributed by atoms with E-state index in [0.717, 1.165) is 47.5 Å². The molecule has 2 aromatic heterocycles. The summed E-state index contributed by atoms with van der Waals surface area (Å²) >= 11 is 5.99. The molecule has 0 radical (unpaired) electrons. The maximum atomic E-state index is 12.8. The lowest BCUT2D eigenvalue weighted by Gasteiger charge is -2.23. The second-order valence-corrected chi connectivity index (χ2v) is 7.83. The monoisotopic (exact) mass is 397 g/mol. The first-order chi connectivity index (χ1) is 13.4. The minimum atomic E-state index is 0.0172. The average molecular weight is 398 g/mol. The first-order valence-electron chi connectivity index (χ1n) is 9.55. The quantitative estimate of drug-likeness (QED) is 0.731. The van der Waals surface area contributed by atoms with E-state index >= 15 is 0 Å². The van der Waals surface area contributed by atoms with Crippen LogP contribution in [0.5, 0.6) is 0 Å². The summed E-state index contributed by atoms with van der Waals surface area (Å²) in [7, 11) is 1.96. The van der Waals surface area contributed by atoms with Gasteiger partial charge in [-0.15, -0.1) is 0 Å². The van der Waals surface area contributed by atoms with Gasteiger partial charge in [0.1, 0.15) is 0 Å². The molecule has 4 rings (SSSR count). The van der Waals surface area contributed by atoms with Gasteiger partial charge in [-0.3, -0.25) is 9.48 Å². The van der Waals surface area contributed by atoms with Crippen LogP contribution in [0, 0.1) is 13.8 Å². The average Bonchev–Trinajstić information content (AvgIpc) is 3.18. The van der Waals surface area contributed by atoms with Gasteiger partial charge in [0.2, 0.25) is 5.91 Å². The number of benzene rings is 1. The van der Waals surface area contributed by atoms with Crippen molar-refractivity contribution in [3.8, 4) is 5.69 Å². The summed E-state index contributed by atoms with van der Waals surface area (Å²) in [6.07, 6.45) is 5.23. The molecule has 7 heteroatoms. The summed E-state index contributed by atoms with van der Waals surface area (Å²) in [5.74, 6) is 0.0172. The maximum absolute atomic E-state index is 12.8. The molecule has 0 aliphatic heterocycles. The molecular formula is C21H24ClN5O. The molecule has 1 atom stereocenters. The van der Waals surface area contributed by atoms with Gasteiger partial charge in [0.05, 0.1) is 30.0 Å². The van der Waals surface area contributed by atoms with E-state index in [1.165, 1.54) is 5.69 Å². The fourth-order valence-electron chi connectivity index (χ4n) is 4.03. The highest BCUT2D eigenvalue weighted by atomic mass is 35.5. The molecule has 1 aliphatic rings. The largest absolute Gasteiger partial charge is 0.349 e. The molecule has 3 aromatic rings. The van der Waals surface area contributed by atoms with Gasteiger partial charge >= 0.3 is 0 Å². The van der Waals surface area contributed by atoms with E-state index in [4.69, 9.17) is 11.6 Å². The summed E-state index contributed by atoms with van der Waals surface area (Å²) < 4.78 is 3.78. The Morgan fingerprint density at radius 3 is 2.79 bits per heavy atom. The number of hydrogen-bond acceptors (Lipinski definition) is 3. The number of carbonyl (C=O) groups excluding carboxylic acids is 1. The third kappa shape index (κ3) is 3.44. The Morgan fingerprint density at radius 1 is 1.29 bits per heavy atom. The predicted molar refractivity (Wildman–Crippen MR) is 109 cm³/mol. The highest BCUT2D eigenvalue weighted by molar-refractivity contribution is 6.30. The molecule has 6 nitrogen and oxygen atoms in total. The molecule has 0 saturated heterocycles. The van der Waals surface area contributed by atoms with Crippen molar-refractivity contribution in [1.29, 1.82) is 0 Å². The van der Waals surface area contributed by atoms with Crippen LogP contribution in [-0.4, -0.2) is 25.5 Å². The van der Waals surface area contributed by atoms with E-state index in [1.807, 2.05) is 60.7 Å². The number of halogens is 1.